The van der Waals surface area contributed by atoms with Crippen molar-refractivity contribution in [3.05, 3.63) is 65.0 Å². The molecule has 1 N–H and O–H groups in total. The molecule has 0 radical (unpaired) electrons. The molecular weight excluding hydrogens is 284 g/mol. The highest BCUT2D eigenvalue weighted by atomic mass is 32.1. The van der Waals surface area contributed by atoms with Crippen molar-refractivity contribution in [1.82, 2.24) is 4.98 Å². The number of hydrogen-bond acceptors (Lipinski definition) is 5. The lowest BCUT2D eigenvalue weighted by Crippen LogP contribution is -1.95. The molecule has 2 aromatic carbocycles. The highest BCUT2D eigenvalue weighted by Gasteiger charge is 2.04. The molecule has 0 aliphatic rings. The second kappa shape index (κ2) is 4.71. The van der Waals surface area contributed by atoms with Crippen LogP contribution in [0.2, 0.25) is 0 Å². The van der Waals surface area contributed by atoms with Gasteiger partial charge in [-0.1, -0.05) is 23.5 Å². The Labute approximate surface area is 123 Å². The van der Waals surface area contributed by atoms with Gasteiger partial charge in [0.05, 0.1) is 10.2 Å². The minimum Gasteiger partial charge on any atom is -0.423 e. The summed E-state index contributed by atoms with van der Waals surface area (Å²) in [5.74, 6) is 0. The molecule has 0 unspecified atom stereocenters. The van der Waals surface area contributed by atoms with Crippen molar-refractivity contribution in [1.29, 1.82) is 0 Å². The summed E-state index contributed by atoms with van der Waals surface area (Å²) in [7, 11) is 0. The maximum absolute atomic E-state index is 11.2. The first-order valence-electron chi connectivity index (χ1n) is 6.44. The fourth-order valence-electron chi connectivity index (χ4n) is 2.20. The van der Waals surface area contributed by atoms with Gasteiger partial charge in [0.25, 0.3) is 0 Å². The molecule has 2 heterocycles. The maximum atomic E-state index is 11.2. The first-order valence-corrected chi connectivity index (χ1v) is 7.26. The van der Waals surface area contributed by atoms with E-state index in [2.05, 4.69) is 10.3 Å². The quantitative estimate of drug-likeness (QED) is 0.564. The number of anilines is 2. The molecule has 0 saturated heterocycles. The Balaban J connectivity index is 1.73. The Morgan fingerprint density at radius 3 is 2.86 bits per heavy atom. The van der Waals surface area contributed by atoms with E-state index in [9.17, 15) is 4.79 Å². The number of rotatable bonds is 2. The van der Waals surface area contributed by atoms with Crippen LogP contribution in [0.25, 0.3) is 21.2 Å². The summed E-state index contributed by atoms with van der Waals surface area (Å²) >= 11 is 1.60. The fraction of sp³-hybridized carbons (Fsp3) is 0. The first-order chi connectivity index (χ1) is 10.3. The van der Waals surface area contributed by atoms with Crippen LogP contribution in [-0.2, 0) is 0 Å². The minimum atomic E-state index is -0.339. The third kappa shape index (κ3) is 2.28. The van der Waals surface area contributed by atoms with Crippen LogP contribution in [0.1, 0.15) is 0 Å². The Kier molecular flexibility index (Phi) is 2.72. The van der Waals surface area contributed by atoms with Gasteiger partial charge in [0, 0.05) is 17.1 Å². The van der Waals surface area contributed by atoms with E-state index in [0.29, 0.717) is 5.58 Å². The smallest absolute Gasteiger partial charge is 0.336 e. The number of thiazole rings is 1. The molecule has 4 nitrogen and oxygen atoms in total. The van der Waals surface area contributed by atoms with Crippen LogP contribution in [0.4, 0.5) is 10.8 Å². The lowest BCUT2D eigenvalue weighted by Gasteiger charge is -2.03. The lowest BCUT2D eigenvalue weighted by atomic mass is 10.2. The van der Waals surface area contributed by atoms with Gasteiger partial charge in [0.15, 0.2) is 5.13 Å². The van der Waals surface area contributed by atoms with Crippen LogP contribution < -0.4 is 10.9 Å². The van der Waals surface area contributed by atoms with Crippen molar-refractivity contribution in [2.45, 2.75) is 0 Å². The summed E-state index contributed by atoms with van der Waals surface area (Å²) < 4.78 is 6.26. The standard InChI is InChI=1S/C16H10N2O2S/c19-15-8-5-10-9-11(6-7-13(10)20-15)17-16-18-12-3-1-2-4-14(12)21-16/h1-9H,(H,17,18). The minimum absolute atomic E-state index is 0.339. The third-order valence-electron chi connectivity index (χ3n) is 3.16. The second-order valence-corrected chi connectivity index (χ2v) is 5.65. The highest BCUT2D eigenvalue weighted by Crippen LogP contribution is 2.28. The normalized spacial score (nSPS) is 11.0. The zero-order valence-corrected chi connectivity index (χ0v) is 11.7. The molecule has 0 bridgehead atoms. The van der Waals surface area contributed by atoms with Gasteiger partial charge in [-0.3, -0.25) is 0 Å². The van der Waals surface area contributed by atoms with Gasteiger partial charge in [-0.25, -0.2) is 9.78 Å². The number of fused-ring (bicyclic) bond motifs is 2. The Hall–Kier alpha value is -2.66. The molecule has 0 aliphatic heterocycles. The van der Waals surface area contributed by atoms with Gasteiger partial charge in [-0.15, -0.1) is 0 Å². The largest absolute Gasteiger partial charge is 0.423 e. The van der Waals surface area contributed by atoms with E-state index in [1.54, 1.807) is 23.5 Å². The van der Waals surface area contributed by atoms with E-state index in [-0.39, 0.29) is 5.63 Å². The number of aromatic nitrogens is 1. The van der Waals surface area contributed by atoms with Crippen LogP contribution in [0, 0.1) is 0 Å². The lowest BCUT2D eigenvalue weighted by molar-refractivity contribution is 0.561. The zero-order chi connectivity index (χ0) is 14.2. The Morgan fingerprint density at radius 2 is 1.95 bits per heavy atom. The van der Waals surface area contributed by atoms with E-state index >= 15 is 0 Å². The van der Waals surface area contributed by atoms with Crippen LogP contribution in [-0.4, -0.2) is 4.98 Å². The first kappa shape index (κ1) is 12.1. The van der Waals surface area contributed by atoms with Crippen LogP contribution >= 0.6 is 11.3 Å². The summed E-state index contributed by atoms with van der Waals surface area (Å²) in [6, 6.07) is 16.8. The predicted octanol–water partition coefficient (Wildman–Crippen LogP) is 4.15. The average molecular weight is 294 g/mol. The Bertz CT molecular complexity index is 971. The van der Waals surface area contributed by atoms with Gasteiger partial charge in [0.2, 0.25) is 0 Å². The average Bonchev–Trinajstić information content (AvgIpc) is 2.89. The molecule has 4 aromatic rings. The molecule has 2 aromatic heterocycles. The molecule has 0 fully saturated rings. The van der Waals surface area contributed by atoms with Crippen molar-refractivity contribution in [3.63, 3.8) is 0 Å². The molecule has 5 heteroatoms. The summed E-state index contributed by atoms with van der Waals surface area (Å²) in [5.41, 5.74) is 2.14. The molecule has 102 valence electrons. The molecule has 0 amide bonds. The molecular formula is C16H10N2O2S. The molecule has 21 heavy (non-hydrogen) atoms. The van der Waals surface area contributed by atoms with Gasteiger partial charge in [-0.2, -0.15) is 0 Å². The van der Waals surface area contributed by atoms with Crippen LogP contribution in [0.15, 0.2) is 63.8 Å². The zero-order valence-electron chi connectivity index (χ0n) is 10.9. The third-order valence-corrected chi connectivity index (χ3v) is 4.12. The van der Waals surface area contributed by atoms with Crippen molar-refractivity contribution in [3.8, 4) is 0 Å². The number of hydrogen-bond donors (Lipinski definition) is 1. The number of para-hydroxylation sites is 1. The van der Waals surface area contributed by atoms with Gasteiger partial charge < -0.3 is 9.73 Å². The number of benzene rings is 2. The van der Waals surface area contributed by atoms with Crippen LogP contribution in [0.3, 0.4) is 0 Å². The van der Waals surface area contributed by atoms with Crippen molar-refractivity contribution < 1.29 is 4.42 Å². The van der Waals surface area contributed by atoms with E-state index in [0.717, 1.165) is 26.4 Å². The van der Waals surface area contributed by atoms with Crippen molar-refractivity contribution in [2.24, 2.45) is 0 Å². The topological polar surface area (TPSA) is 55.1 Å². The highest BCUT2D eigenvalue weighted by molar-refractivity contribution is 7.22. The Morgan fingerprint density at radius 1 is 1.05 bits per heavy atom. The maximum Gasteiger partial charge on any atom is 0.336 e. The monoisotopic (exact) mass is 294 g/mol. The molecule has 0 aliphatic carbocycles. The second-order valence-electron chi connectivity index (χ2n) is 4.62. The van der Waals surface area contributed by atoms with Gasteiger partial charge in [0.1, 0.15) is 5.58 Å². The van der Waals surface area contributed by atoms with E-state index in [4.69, 9.17) is 4.42 Å². The number of nitrogens with zero attached hydrogens (tertiary/aromatic N) is 1. The summed E-state index contributed by atoms with van der Waals surface area (Å²) in [4.78, 5) is 15.7. The van der Waals surface area contributed by atoms with Crippen molar-refractivity contribution in [2.75, 3.05) is 5.32 Å². The molecule has 0 spiro atoms. The molecule has 0 atom stereocenters. The molecule has 4 rings (SSSR count). The summed E-state index contributed by atoms with van der Waals surface area (Å²) in [6.07, 6.45) is 0. The number of nitrogens with one attached hydrogen (secondary N) is 1. The van der Waals surface area contributed by atoms with Crippen LogP contribution in [0.5, 0.6) is 0 Å². The van der Waals surface area contributed by atoms with E-state index in [1.165, 1.54) is 6.07 Å². The summed E-state index contributed by atoms with van der Waals surface area (Å²) in [5, 5.41) is 5.00. The fourth-order valence-corrected chi connectivity index (χ4v) is 3.08. The van der Waals surface area contributed by atoms with Gasteiger partial charge >= 0.3 is 5.63 Å². The summed E-state index contributed by atoms with van der Waals surface area (Å²) in [6.45, 7) is 0. The van der Waals surface area contributed by atoms with Crippen molar-refractivity contribution >= 4 is 43.3 Å². The van der Waals surface area contributed by atoms with Gasteiger partial charge in [-0.05, 0) is 36.4 Å². The van der Waals surface area contributed by atoms with E-state index < -0.39 is 0 Å². The predicted molar refractivity (Wildman–Crippen MR) is 85.4 cm³/mol. The molecule has 0 saturated carbocycles. The van der Waals surface area contributed by atoms with E-state index in [1.807, 2.05) is 36.4 Å². The SMILES string of the molecule is O=c1ccc2cc(Nc3nc4ccccc4s3)ccc2o1.